The number of carbonyl (C=O) groups is 1. The SMILES string of the molecule is C=CCPc1ccccc1.CC(=O)CPc1ccccc1.c1ccc(PCCC2OCCCO2)cc1. The Hall–Kier alpha value is -1.72. The number of Topliss-reactive ketones (excluding diaryl/α,β-unsaturated/α-hetero) is 1. The van der Waals surface area contributed by atoms with Crippen molar-refractivity contribution in [2.75, 3.05) is 31.7 Å². The van der Waals surface area contributed by atoms with Crippen LogP contribution in [0.2, 0.25) is 0 Å². The number of benzene rings is 3. The number of hydrogen-bond acceptors (Lipinski definition) is 3. The van der Waals surface area contributed by atoms with Gasteiger partial charge in [0.2, 0.25) is 0 Å². The molecule has 1 aliphatic heterocycles. The summed E-state index contributed by atoms with van der Waals surface area (Å²) < 4.78 is 11.0. The lowest BCUT2D eigenvalue weighted by molar-refractivity contribution is -0.178. The highest BCUT2D eigenvalue weighted by Crippen LogP contribution is 2.16. The lowest BCUT2D eigenvalue weighted by Gasteiger charge is -2.22. The molecule has 3 atom stereocenters. The lowest BCUT2D eigenvalue weighted by Crippen LogP contribution is -2.25. The highest BCUT2D eigenvalue weighted by Gasteiger charge is 2.13. The van der Waals surface area contributed by atoms with Gasteiger partial charge < -0.3 is 9.47 Å². The summed E-state index contributed by atoms with van der Waals surface area (Å²) in [6, 6.07) is 31.2. The fraction of sp³-hybridized carbons (Fsp3) is 0.300. The maximum atomic E-state index is 10.6. The van der Waals surface area contributed by atoms with Crippen LogP contribution in [0.1, 0.15) is 19.8 Å². The quantitative estimate of drug-likeness (QED) is 0.237. The van der Waals surface area contributed by atoms with Crippen LogP contribution in [0.5, 0.6) is 0 Å². The van der Waals surface area contributed by atoms with Gasteiger partial charge in [-0.15, -0.1) is 6.58 Å². The third-order valence-electron chi connectivity index (χ3n) is 4.92. The Labute approximate surface area is 222 Å². The van der Waals surface area contributed by atoms with E-state index in [4.69, 9.17) is 9.47 Å². The molecule has 0 N–H and O–H groups in total. The molecule has 1 saturated heterocycles. The predicted molar refractivity (Wildman–Crippen MR) is 164 cm³/mol. The highest BCUT2D eigenvalue weighted by atomic mass is 31.1. The van der Waals surface area contributed by atoms with E-state index in [2.05, 4.69) is 73.3 Å². The van der Waals surface area contributed by atoms with Gasteiger partial charge in [-0.05, 0) is 41.6 Å². The predicted octanol–water partition coefficient (Wildman–Crippen LogP) is 5.90. The van der Waals surface area contributed by atoms with Crippen molar-refractivity contribution in [1.82, 2.24) is 0 Å². The first kappa shape index (κ1) is 30.5. The van der Waals surface area contributed by atoms with Crippen LogP contribution < -0.4 is 15.9 Å². The fourth-order valence-corrected chi connectivity index (χ4v) is 5.91. The van der Waals surface area contributed by atoms with Gasteiger partial charge in [0.1, 0.15) is 5.78 Å². The molecule has 3 aromatic carbocycles. The smallest absolute Gasteiger partial charge is 0.157 e. The molecule has 0 aliphatic carbocycles. The second-order valence-corrected chi connectivity index (χ2v) is 12.1. The molecule has 6 heteroatoms. The zero-order chi connectivity index (χ0) is 25.7. The molecule has 1 fully saturated rings. The number of carbonyl (C=O) groups excluding carboxylic acids is 1. The molecule has 0 bridgehead atoms. The molecule has 192 valence electrons. The normalized spacial score (nSPS) is 13.9. The molecular formula is C30H39O3P3. The van der Waals surface area contributed by atoms with Gasteiger partial charge in [-0.2, -0.15) is 0 Å². The van der Waals surface area contributed by atoms with Gasteiger partial charge in [0.25, 0.3) is 0 Å². The van der Waals surface area contributed by atoms with Crippen molar-refractivity contribution < 1.29 is 14.3 Å². The molecule has 0 spiro atoms. The summed E-state index contributed by atoms with van der Waals surface area (Å²) in [6.45, 7) is 7.04. The van der Waals surface area contributed by atoms with Crippen molar-refractivity contribution >= 4 is 47.4 Å². The number of hydrogen-bond donors (Lipinski definition) is 0. The summed E-state index contributed by atoms with van der Waals surface area (Å²) in [6.07, 6.45) is 7.02. The molecule has 4 rings (SSSR count). The Kier molecular flexibility index (Phi) is 17.2. The maximum Gasteiger partial charge on any atom is 0.157 e. The van der Waals surface area contributed by atoms with E-state index in [0.29, 0.717) is 14.7 Å². The third-order valence-corrected chi connectivity index (χ3v) is 8.85. The Bertz CT molecular complexity index is 947. The van der Waals surface area contributed by atoms with Crippen molar-refractivity contribution in [1.29, 1.82) is 0 Å². The van der Waals surface area contributed by atoms with Crippen LogP contribution in [0.4, 0.5) is 0 Å². The van der Waals surface area contributed by atoms with Crippen molar-refractivity contribution in [3.05, 3.63) is 104 Å². The van der Waals surface area contributed by atoms with Gasteiger partial charge in [-0.3, -0.25) is 4.79 Å². The summed E-state index contributed by atoms with van der Waals surface area (Å²) in [5.74, 6) is 0.271. The van der Waals surface area contributed by atoms with Crippen molar-refractivity contribution in [2.45, 2.75) is 26.1 Å². The zero-order valence-corrected chi connectivity index (χ0v) is 24.2. The van der Waals surface area contributed by atoms with Gasteiger partial charge in [0.15, 0.2) is 6.29 Å². The van der Waals surface area contributed by atoms with Gasteiger partial charge in [-0.1, -0.05) is 123 Å². The summed E-state index contributed by atoms with van der Waals surface area (Å²) in [5, 5.41) is 4.11. The Morgan fingerprint density at radius 1 is 0.806 bits per heavy atom. The van der Waals surface area contributed by atoms with E-state index in [1.54, 1.807) is 6.92 Å². The Morgan fingerprint density at radius 3 is 1.75 bits per heavy atom. The Balaban J connectivity index is 0.000000196. The van der Waals surface area contributed by atoms with Crippen LogP contribution in [0.3, 0.4) is 0 Å². The first-order chi connectivity index (χ1) is 17.7. The molecule has 3 unspecified atom stereocenters. The van der Waals surface area contributed by atoms with E-state index < -0.39 is 0 Å². The first-order valence-corrected chi connectivity index (χ1v) is 16.0. The van der Waals surface area contributed by atoms with Crippen LogP contribution in [-0.4, -0.2) is 43.8 Å². The molecule has 0 amide bonds. The van der Waals surface area contributed by atoms with Gasteiger partial charge in [-0.25, -0.2) is 0 Å². The standard InChI is InChI=1S/C12H17O2P.C9H11OP.C9H11P/c1-2-5-11(6-3-1)15-10-7-12-13-8-4-9-14-12;1-8(10)7-11-9-5-3-2-4-6-9;1-2-8-10-9-6-4-3-5-7-9/h1-3,5-6,12,15H,4,7-10H2;2-6,11H,7H2,1H3;2-7,10H,1,8H2. The van der Waals surface area contributed by atoms with Crippen LogP contribution in [0.25, 0.3) is 0 Å². The van der Waals surface area contributed by atoms with Crippen LogP contribution >= 0.6 is 25.7 Å². The van der Waals surface area contributed by atoms with Gasteiger partial charge in [0.05, 0.1) is 13.2 Å². The van der Waals surface area contributed by atoms with E-state index in [1.807, 2.05) is 30.3 Å². The number of rotatable bonds is 10. The average molecular weight is 541 g/mol. The average Bonchev–Trinajstić information content (AvgIpc) is 2.94. The summed E-state index contributed by atoms with van der Waals surface area (Å²) in [4.78, 5) is 10.6. The van der Waals surface area contributed by atoms with E-state index in [1.165, 1.54) is 15.9 Å². The number of ether oxygens (including phenoxy) is 2. The molecule has 3 nitrogen and oxygen atoms in total. The minimum absolute atomic E-state index is 0.0509. The van der Waals surface area contributed by atoms with Gasteiger partial charge >= 0.3 is 0 Å². The molecule has 3 aromatic rings. The number of allylic oxidation sites excluding steroid dienone is 1. The number of ketones is 1. The van der Waals surface area contributed by atoms with Gasteiger partial charge in [0, 0.05) is 12.6 Å². The minimum atomic E-state index is 0.0509. The molecule has 36 heavy (non-hydrogen) atoms. The molecular weight excluding hydrogens is 501 g/mol. The summed E-state index contributed by atoms with van der Waals surface area (Å²) in [7, 11) is 2.39. The monoisotopic (exact) mass is 540 g/mol. The van der Waals surface area contributed by atoms with Crippen molar-refractivity contribution in [3.63, 3.8) is 0 Å². The van der Waals surface area contributed by atoms with E-state index in [0.717, 1.165) is 55.5 Å². The molecule has 0 saturated carbocycles. The summed E-state index contributed by atoms with van der Waals surface area (Å²) in [5.41, 5.74) is 0. The highest BCUT2D eigenvalue weighted by molar-refractivity contribution is 7.48. The molecule has 0 aromatic heterocycles. The Morgan fingerprint density at radius 2 is 1.28 bits per heavy atom. The van der Waals surface area contributed by atoms with Crippen LogP contribution in [-0.2, 0) is 14.3 Å². The largest absolute Gasteiger partial charge is 0.353 e. The second kappa shape index (κ2) is 20.4. The fourth-order valence-electron chi connectivity index (χ4n) is 3.12. The van der Waals surface area contributed by atoms with E-state index >= 15 is 0 Å². The first-order valence-electron chi connectivity index (χ1n) is 12.4. The minimum Gasteiger partial charge on any atom is -0.353 e. The summed E-state index contributed by atoms with van der Waals surface area (Å²) >= 11 is 0. The molecule has 1 aliphatic rings. The third kappa shape index (κ3) is 15.4. The van der Waals surface area contributed by atoms with Crippen LogP contribution in [0.15, 0.2) is 104 Å². The topological polar surface area (TPSA) is 35.5 Å². The van der Waals surface area contributed by atoms with Crippen molar-refractivity contribution in [2.24, 2.45) is 0 Å². The van der Waals surface area contributed by atoms with Crippen molar-refractivity contribution in [3.8, 4) is 0 Å². The molecule has 0 radical (unpaired) electrons. The van der Waals surface area contributed by atoms with E-state index in [9.17, 15) is 4.79 Å². The lowest BCUT2D eigenvalue weighted by atomic mass is 10.4. The molecule has 1 heterocycles. The maximum absolute atomic E-state index is 10.6. The van der Waals surface area contributed by atoms with Crippen LogP contribution in [0, 0.1) is 0 Å². The zero-order valence-electron chi connectivity index (χ0n) is 21.2. The van der Waals surface area contributed by atoms with E-state index in [-0.39, 0.29) is 12.1 Å². The second-order valence-electron chi connectivity index (χ2n) is 8.06.